The van der Waals surface area contributed by atoms with E-state index in [0.29, 0.717) is 0 Å². The molecule has 0 spiro atoms. The zero-order chi connectivity index (χ0) is 12.3. The molecule has 5 heteroatoms. The molecule has 17 heavy (non-hydrogen) atoms. The molecule has 0 unspecified atom stereocenters. The number of rotatable bonds is 4. The van der Waals surface area contributed by atoms with Crippen molar-refractivity contribution in [1.82, 2.24) is 9.97 Å². The topological polar surface area (TPSA) is 37.8 Å². The van der Waals surface area contributed by atoms with E-state index in [1.165, 1.54) is 0 Å². The molecule has 0 bridgehead atoms. The molecular weight excluding hydrogens is 345 g/mol. The number of aromatic nitrogens is 2. The summed E-state index contributed by atoms with van der Waals surface area (Å²) in [5.74, 6) is 1.75. The molecule has 0 aromatic carbocycles. The van der Waals surface area contributed by atoms with Gasteiger partial charge in [-0.2, -0.15) is 11.3 Å². The number of halogens is 1. The fourth-order valence-electron chi connectivity index (χ4n) is 1.44. The summed E-state index contributed by atoms with van der Waals surface area (Å²) >= 11 is 3.96. The fourth-order valence-corrected chi connectivity index (χ4v) is 2.51. The Hall–Kier alpha value is -0.690. The minimum Gasteiger partial charge on any atom is -0.369 e. The minimum absolute atomic E-state index is 0.808. The van der Waals surface area contributed by atoms with Gasteiger partial charge in [0.25, 0.3) is 0 Å². The number of nitrogens with zero attached hydrogens (tertiary/aromatic N) is 2. The maximum absolute atomic E-state index is 4.59. The van der Waals surface area contributed by atoms with E-state index in [9.17, 15) is 0 Å². The highest BCUT2D eigenvalue weighted by molar-refractivity contribution is 14.1. The smallest absolute Gasteiger partial charge is 0.162 e. The molecule has 0 fully saturated rings. The Morgan fingerprint density at radius 2 is 2.24 bits per heavy atom. The number of aryl methyl sites for hydroxylation is 1. The number of thiophene rings is 1. The fraction of sp³-hybridized carbons (Fsp3) is 0.333. The second-order valence-corrected chi connectivity index (χ2v) is 5.59. The SMILES string of the molecule is CCCNc1nc(-c2ccsc2)nc(C)c1I. The van der Waals surface area contributed by atoms with Crippen LogP contribution < -0.4 is 5.32 Å². The van der Waals surface area contributed by atoms with E-state index in [1.807, 2.05) is 12.3 Å². The van der Waals surface area contributed by atoms with Crippen molar-refractivity contribution in [3.63, 3.8) is 0 Å². The lowest BCUT2D eigenvalue weighted by atomic mass is 10.3. The average Bonchev–Trinajstić information content (AvgIpc) is 2.84. The Balaban J connectivity index is 2.39. The number of hydrogen-bond acceptors (Lipinski definition) is 4. The molecule has 0 aliphatic carbocycles. The predicted octanol–water partition coefficient (Wildman–Crippen LogP) is 3.94. The zero-order valence-electron chi connectivity index (χ0n) is 9.83. The van der Waals surface area contributed by atoms with Gasteiger partial charge < -0.3 is 5.32 Å². The summed E-state index contributed by atoms with van der Waals surface area (Å²) in [5.41, 5.74) is 2.12. The van der Waals surface area contributed by atoms with Crippen molar-refractivity contribution in [2.45, 2.75) is 20.3 Å². The van der Waals surface area contributed by atoms with Crippen LogP contribution in [0, 0.1) is 10.5 Å². The molecule has 2 heterocycles. The van der Waals surface area contributed by atoms with Gasteiger partial charge in [-0.25, -0.2) is 9.97 Å². The Morgan fingerprint density at radius 3 is 2.88 bits per heavy atom. The standard InChI is InChI=1S/C12H14IN3S/c1-3-5-14-12-10(13)8(2)15-11(16-12)9-4-6-17-7-9/h4,6-7H,3,5H2,1-2H3,(H,14,15,16). The number of hydrogen-bond donors (Lipinski definition) is 1. The highest BCUT2D eigenvalue weighted by atomic mass is 127. The Bertz CT molecular complexity index is 497. The molecule has 2 rings (SSSR count). The highest BCUT2D eigenvalue weighted by Gasteiger charge is 2.10. The molecule has 0 saturated carbocycles. The quantitative estimate of drug-likeness (QED) is 0.841. The summed E-state index contributed by atoms with van der Waals surface area (Å²) in [7, 11) is 0. The molecule has 0 aliphatic heterocycles. The normalized spacial score (nSPS) is 10.5. The maximum atomic E-state index is 4.59. The molecule has 1 N–H and O–H groups in total. The average molecular weight is 359 g/mol. The van der Waals surface area contributed by atoms with Crippen LogP contribution in [-0.4, -0.2) is 16.5 Å². The Labute approximate surface area is 119 Å². The third-order valence-electron chi connectivity index (χ3n) is 2.34. The van der Waals surface area contributed by atoms with Crippen LogP contribution in [0.3, 0.4) is 0 Å². The van der Waals surface area contributed by atoms with Crippen molar-refractivity contribution < 1.29 is 0 Å². The van der Waals surface area contributed by atoms with E-state index in [2.05, 4.69) is 56.2 Å². The van der Waals surface area contributed by atoms with Crippen molar-refractivity contribution in [2.75, 3.05) is 11.9 Å². The first-order valence-corrected chi connectivity index (χ1v) is 7.55. The predicted molar refractivity (Wildman–Crippen MR) is 81.6 cm³/mol. The van der Waals surface area contributed by atoms with Gasteiger partial charge in [0.2, 0.25) is 0 Å². The largest absolute Gasteiger partial charge is 0.369 e. The minimum atomic E-state index is 0.808. The van der Waals surface area contributed by atoms with Crippen LogP contribution in [-0.2, 0) is 0 Å². The molecule has 90 valence electrons. The lowest BCUT2D eigenvalue weighted by molar-refractivity contribution is 0.958. The van der Waals surface area contributed by atoms with Gasteiger partial charge in [0.1, 0.15) is 5.82 Å². The second-order valence-electron chi connectivity index (χ2n) is 3.73. The summed E-state index contributed by atoms with van der Waals surface area (Å²) < 4.78 is 1.11. The van der Waals surface area contributed by atoms with Crippen molar-refractivity contribution >= 4 is 39.7 Å². The van der Waals surface area contributed by atoms with Crippen LogP contribution >= 0.6 is 33.9 Å². The van der Waals surface area contributed by atoms with Crippen molar-refractivity contribution in [3.8, 4) is 11.4 Å². The number of anilines is 1. The van der Waals surface area contributed by atoms with E-state index in [4.69, 9.17) is 0 Å². The first-order chi connectivity index (χ1) is 8.22. The lowest BCUT2D eigenvalue weighted by Crippen LogP contribution is -2.07. The molecule has 2 aromatic rings. The van der Waals surface area contributed by atoms with Crippen LogP contribution in [0.15, 0.2) is 16.8 Å². The van der Waals surface area contributed by atoms with Gasteiger partial charge in [0, 0.05) is 17.5 Å². The van der Waals surface area contributed by atoms with Crippen molar-refractivity contribution in [3.05, 3.63) is 26.1 Å². The molecule has 0 amide bonds. The Kier molecular flexibility index (Phi) is 4.33. The van der Waals surface area contributed by atoms with E-state index >= 15 is 0 Å². The van der Waals surface area contributed by atoms with Gasteiger partial charge in [0.15, 0.2) is 5.82 Å². The summed E-state index contributed by atoms with van der Waals surface area (Å²) in [6.07, 6.45) is 1.09. The van der Waals surface area contributed by atoms with Crippen LogP contribution in [0.4, 0.5) is 5.82 Å². The van der Waals surface area contributed by atoms with E-state index in [-0.39, 0.29) is 0 Å². The van der Waals surface area contributed by atoms with Crippen molar-refractivity contribution in [1.29, 1.82) is 0 Å². The summed E-state index contributed by atoms with van der Waals surface area (Å²) in [5, 5.41) is 7.47. The van der Waals surface area contributed by atoms with Gasteiger partial charge in [-0.1, -0.05) is 6.92 Å². The monoisotopic (exact) mass is 359 g/mol. The molecule has 0 aliphatic rings. The highest BCUT2D eigenvalue weighted by Crippen LogP contribution is 2.24. The van der Waals surface area contributed by atoms with Crippen LogP contribution in [0.1, 0.15) is 19.0 Å². The second kappa shape index (κ2) is 5.77. The molecule has 3 nitrogen and oxygen atoms in total. The first kappa shape index (κ1) is 12.8. The van der Waals surface area contributed by atoms with Gasteiger partial charge in [-0.3, -0.25) is 0 Å². The van der Waals surface area contributed by atoms with Gasteiger partial charge in [-0.15, -0.1) is 0 Å². The lowest BCUT2D eigenvalue weighted by Gasteiger charge is -2.10. The van der Waals surface area contributed by atoms with Crippen LogP contribution in [0.5, 0.6) is 0 Å². The first-order valence-electron chi connectivity index (χ1n) is 5.53. The summed E-state index contributed by atoms with van der Waals surface area (Å²) in [6.45, 7) is 5.11. The third kappa shape index (κ3) is 2.95. The van der Waals surface area contributed by atoms with Crippen LogP contribution in [0.25, 0.3) is 11.4 Å². The summed E-state index contributed by atoms with van der Waals surface area (Å²) in [4.78, 5) is 9.12. The Morgan fingerprint density at radius 1 is 1.41 bits per heavy atom. The maximum Gasteiger partial charge on any atom is 0.162 e. The van der Waals surface area contributed by atoms with Crippen molar-refractivity contribution in [2.24, 2.45) is 0 Å². The number of nitrogens with one attached hydrogen (secondary N) is 1. The third-order valence-corrected chi connectivity index (χ3v) is 4.31. The van der Waals surface area contributed by atoms with Crippen LogP contribution in [0.2, 0.25) is 0 Å². The molecule has 2 aromatic heterocycles. The van der Waals surface area contributed by atoms with Gasteiger partial charge in [0.05, 0.1) is 9.26 Å². The van der Waals surface area contributed by atoms with E-state index < -0.39 is 0 Å². The molecule has 0 saturated heterocycles. The van der Waals surface area contributed by atoms with E-state index in [0.717, 1.165) is 39.4 Å². The van der Waals surface area contributed by atoms with Gasteiger partial charge in [-0.05, 0) is 47.4 Å². The molecular formula is C12H14IN3S. The molecule has 0 radical (unpaired) electrons. The summed E-state index contributed by atoms with van der Waals surface area (Å²) in [6, 6.07) is 2.05. The zero-order valence-corrected chi connectivity index (χ0v) is 12.8. The van der Waals surface area contributed by atoms with E-state index in [1.54, 1.807) is 11.3 Å². The van der Waals surface area contributed by atoms with Gasteiger partial charge >= 0.3 is 0 Å². The molecule has 0 atom stereocenters.